The standard InChI is InChI=1S/C10H8N2O2/c1-7(13)9-6-12-14-10(9)8-2-4-11-5-3-8/h2-6H,1H3. The van der Waals surface area contributed by atoms with E-state index in [-0.39, 0.29) is 5.78 Å². The molecular formula is C10H8N2O2. The lowest BCUT2D eigenvalue weighted by Gasteiger charge is -1.95. The first-order valence-electron chi connectivity index (χ1n) is 4.15. The molecule has 0 aliphatic rings. The Labute approximate surface area is 80.6 Å². The molecule has 14 heavy (non-hydrogen) atoms. The van der Waals surface area contributed by atoms with Gasteiger partial charge in [0.15, 0.2) is 11.5 Å². The van der Waals surface area contributed by atoms with Crippen LogP contribution in [-0.4, -0.2) is 15.9 Å². The van der Waals surface area contributed by atoms with E-state index in [9.17, 15) is 4.79 Å². The van der Waals surface area contributed by atoms with Crippen molar-refractivity contribution in [2.75, 3.05) is 0 Å². The quantitative estimate of drug-likeness (QED) is 0.676. The normalized spacial score (nSPS) is 10.1. The number of rotatable bonds is 2. The largest absolute Gasteiger partial charge is 0.356 e. The van der Waals surface area contributed by atoms with Crippen molar-refractivity contribution < 1.29 is 9.32 Å². The highest BCUT2D eigenvalue weighted by Gasteiger charge is 2.13. The number of hydrogen-bond acceptors (Lipinski definition) is 4. The van der Waals surface area contributed by atoms with E-state index in [1.165, 1.54) is 13.1 Å². The summed E-state index contributed by atoms with van der Waals surface area (Å²) in [5, 5.41) is 3.60. The molecule has 70 valence electrons. The zero-order chi connectivity index (χ0) is 9.97. The Morgan fingerprint density at radius 3 is 2.71 bits per heavy atom. The molecule has 0 N–H and O–H groups in total. The molecule has 0 bridgehead atoms. The van der Waals surface area contributed by atoms with Gasteiger partial charge in [-0.25, -0.2) is 0 Å². The Morgan fingerprint density at radius 2 is 2.07 bits per heavy atom. The van der Waals surface area contributed by atoms with Gasteiger partial charge in [0.1, 0.15) is 0 Å². The van der Waals surface area contributed by atoms with Crippen LogP contribution in [-0.2, 0) is 0 Å². The Balaban J connectivity index is 2.52. The highest BCUT2D eigenvalue weighted by molar-refractivity contribution is 5.99. The summed E-state index contributed by atoms with van der Waals surface area (Å²) in [5.41, 5.74) is 1.30. The molecule has 4 heteroatoms. The number of carbonyl (C=O) groups excluding carboxylic acids is 1. The minimum atomic E-state index is -0.0573. The number of nitrogens with zero attached hydrogens (tertiary/aromatic N) is 2. The molecule has 2 rings (SSSR count). The van der Waals surface area contributed by atoms with Gasteiger partial charge in [-0.3, -0.25) is 9.78 Å². The fourth-order valence-electron chi connectivity index (χ4n) is 1.20. The highest BCUT2D eigenvalue weighted by atomic mass is 16.5. The van der Waals surface area contributed by atoms with Gasteiger partial charge in [0.05, 0.1) is 11.8 Å². The summed E-state index contributed by atoms with van der Waals surface area (Å²) in [6.07, 6.45) is 4.71. The maximum atomic E-state index is 11.2. The van der Waals surface area contributed by atoms with Gasteiger partial charge in [0.25, 0.3) is 0 Å². The fraction of sp³-hybridized carbons (Fsp3) is 0.100. The van der Waals surface area contributed by atoms with Crippen molar-refractivity contribution in [3.8, 4) is 11.3 Å². The number of carbonyl (C=O) groups is 1. The van der Waals surface area contributed by atoms with Gasteiger partial charge in [-0.2, -0.15) is 0 Å². The number of Topliss-reactive ketones (excluding diaryl/α,β-unsaturated/α-hetero) is 1. The highest BCUT2D eigenvalue weighted by Crippen LogP contribution is 2.22. The Morgan fingerprint density at radius 1 is 1.36 bits per heavy atom. The number of pyridine rings is 1. The summed E-state index contributed by atoms with van der Waals surface area (Å²) in [5.74, 6) is 0.443. The van der Waals surface area contributed by atoms with E-state index in [1.807, 2.05) is 0 Å². The van der Waals surface area contributed by atoms with Gasteiger partial charge < -0.3 is 4.52 Å². The molecule has 0 saturated heterocycles. The van der Waals surface area contributed by atoms with Crippen LogP contribution in [0.25, 0.3) is 11.3 Å². The van der Waals surface area contributed by atoms with E-state index in [1.54, 1.807) is 24.5 Å². The smallest absolute Gasteiger partial charge is 0.177 e. The van der Waals surface area contributed by atoms with Crippen molar-refractivity contribution in [2.45, 2.75) is 6.92 Å². The lowest BCUT2D eigenvalue weighted by molar-refractivity contribution is 0.101. The molecule has 2 aromatic rings. The van der Waals surface area contributed by atoms with Crippen LogP contribution in [0.4, 0.5) is 0 Å². The molecule has 0 aromatic carbocycles. The Hall–Kier alpha value is -1.97. The maximum Gasteiger partial charge on any atom is 0.177 e. The predicted octanol–water partition coefficient (Wildman–Crippen LogP) is 1.94. The van der Waals surface area contributed by atoms with E-state index >= 15 is 0 Å². The molecule has 0 atom stereocenters. The van der Waals surface area contributed by atoms with Gasteiger partial charge >= 0.3 is 0 Å². The van der Waals surface area contributed by atoms with Crippen molar-refractivity contribution in [3.05, 3.63) is 36.3 Å². The van der Waals surface area contributed by atoms with Gasteiger partial charge in [0, 0.05) is 18.0 Å². The number of aromatic nitrogens is 2. The maximum absolute atomic E-state index is 11.2. The molecule has 0 aliphatic carbocycles. The second kappa shape index (κ2) is 3.41. The Bertz CT molecular complexity index is 448. The lowest BCUT2D eigenvalue weighted by Crippen LogP contribution is -1.91. The van der Waals surface area contributed by atoms with Crippen molar-refractivity contribution >= 4 is 5.78 Å². The van der Waals surface area contributed by atoms with Crippen LogP contribution in [0.5, 0.6) is 0 Å². The molecule has 0 aliphatic heterocycles. The van der Waals surface area contributed by atoms with Crippen LogP contribution in [0.1, 0.15) is 17.3 Å². The van der Waals surface area contributed by atoms with Crippen LogP contribution < -0.4 is 0 Å². The third kappa shape index (κ3) is 1.42. The van der Waals surface area contributed by atoms with E-state index in [0.717, 1.165) is 5.56 Å². The summed E-state index contributed by atoms with van der Waals surface area (Å²) in [6.45, 7) is 1.48. The SMILES string of the molecule is CC(=O)c1cnoc1-c1ccncc1. The third-order valence-electron chi connectivity index (χ3n) is 1.89. The summed E-state index contributed by atoms with van der Waals surface area (Å²) >= 11 is 0. The second-order valence-corrected chi connectivity index (χ2v) is 2.86. The van der Waals surface area contributed by atoms with E-state index in [4.69, 9.17) is 4.52 Å². The fourth-order valence-corrected chi connectivity index (χ4v) is 1.20. The molecule has 4 nitrogen and oxygen atoms in total. The predicted molar refractivity (Wildman–Crippen MR) is 49.7 cm³/mol. The monoisotopic (exact) mass is 188 g/mol. The molecular weight excluding hydrogens is 180 g/mol. The summed E-state index contributed by atoms with van der Waals surface area (Å²) in [7, 11) is 0. The average Bonchev–Trinajstić information content (AvgIpc) is 2.67. The van der Waals surface area contributed by atoms with Crippen LogP contribution in [0, 0.1) is 0 Å². The zero-order valence-electron chi connectivity index (χ0n) is 7.60. The molecule has 0 radical (unpaired) electrons. The molecule has 0 spiro atoms. The molecule has 2 aromatic heterocycles. The van der Waals surface area contributed by atoms with Gasteiger partial charge in [-0.1, -0.05) is 5.16 Å². The van der Waals surface area contributed by atoms with E-state index in [2.05, 4.69) is 10.1 Å². The molecule has 0 amide bonds. The first kappa shape index (κ1) is 8.62. The van der Waals surface area contributed by atoms with Crippen LogP contribution in [0.2, 0.25) is 0 Å². The van der Waals surface area contributed by atoms with E-state index in [0.29, 0.717) is 11.3 Å². The average molecular weight is 188 g/mol. The van der Waals surface area contributed by atoms with Gasteiger partial charge in [0.2, 0.25) is 0 Å². The van der Waals surface area contributed by atoms with E-state index < -0.39 is 0 Å². The molecule has 0 fully saturated rings. The topological polar surface area (TPSA) is 56.0 Å². The minimum Gasteiger partial charge on any atom is -0.356 e. The van der Waals surface area contributed by atoms with Crippen molar-refractivity contribution in [1.29, 1.82) is 0 Å². The summed E-state index contributed by atoms with van der Waals surface area (Å²) < 4.78 is 5.01. The molecule has 0 unspecified atom stereocenters. The first-order chi connectivity index (χ1) is 6.79. The minimum absolute atomic E-state index is 0.0573. The van der Waals surface area contributed by atoms with Crippen molar-refractivity contribution in [2.24, 2.45) is 0 Å². The Kier molecular flexibility index (Phi) is 2.10. The van der Waals surface area contributed by atoms with Crippen LogP contribution >= 0.6 is 0 Å². The first-order valence-corrected chi connectivity index (χ1v) is 4.15. The third-order valence-corrected chi connectivity index (χ3v) is 1.89. The van der Waals surface area contributed by atoms with Crippen LogP contribution in [0.3, 0.4) is 0 Å². The van der Waals surface area contributed by atoms with Gasteiger partial charge in [-0.15, -0.1) is 0 Å². The number of hydrogen-bond donors (Lipinski definition) is 0. The summed E-state index contributed by atoms with van der Waals surface area (Å²) in [6, 6.07) is 3.54. The number of ketones is 1. The molecule has 2 heterocycles. The zero-order valence-corrected chi connectivity index (χ0v) is 7.60. The van der Waals surface area contributed by atoms with Crippen molar-refractivity contribution in [1.82, 2.24) is 10.1 Å². The second-order valence-electron chi connectivity index (χ2n) is 2.86. The summed E-state index contributed by atoms with van der Waals surface area (Å²) in [4.78, 5) is 15.1. The molecule has 0 saturated carbocycles. The lowest BCUT2D eigenvalue weighted by atomic mass is 10.1. The van der Waals surface area contributed by atoms with Crippen LogP contribution in [0.15, 0.2) is 35.2 Å². The van der Waals surface area contributed by atoms with Crippen molar-refractivity contribution in [3.63, 3.8) is 0 Å². The van der Waals surface area contributed by atoms with Gasteiger partial charge in [-0.05, 0) is 19.1 Å².